The topological polar surface area (TPSA) is 66.8 Å². The maximum atomic E-state index is 11.9. The molecule has 1 amide bonds. The largest absolute Gasteiger partial charge is 0.467 e. The maximum absolute atomic E-state index is 11.9. The van der Waals surface area contributed by atoms with Crippen LogP contribution in [0.1, 0.15) is 20.8 Å². The van der Waals surface area contributed by atoms with Crippen LogP contribution in [0.5, 0.6) is 0 Å². The van der Waals surface area contributed by atoms with Crippen molar-refractivity contribution in [3.63, 3.8) is 0 Å². The quantitative estimate of drug-likeness (QED) is 0.567. The molecule has 17 heavy (non-hydrogen) atoms. The number of thioether (sulfide) groups is 1. The van der Waals surface area contributed by atoms with Gasteiger partial charge in [-0.3, -0.25) is 4.79 Å². The van der Waals surface area contributed by atoms with E-state index in [0.717, 1.165) is 0 Å². The number of nitrogens with zero attached hydrogens (tertiary/aromatic N) is 1. The molecule has 0 saturated carbocycles. The molecule has 2 saturated heterocycles. The third-order valence-electron chi connectivity index (χ3n) is 3.43. The second-order valence-electron chi connectivity index (χ2n) is 5.05. The number of ether oxygens (including phenoxy) is 1. The van der Waals surface area contributed by atoms with Gasteiger partial charge in [0.2, 0.25) is 5.91 Å². The lowest BCUT2D eigenvalue weighted by molar-refractivity contribution is -0.169. The van der Waals surface area contributed by atoms with E-state index in [0.29, 0.717) is 0 Å². The summed E-state index contributed by atoms with van der Waals surface area (Å²) in [5.41, 5.74) is 0. The number of fused-ring (bicyclic) bond motifs is 1. The fourth-order valence-corrected chi connectivity index (χ4v) is 4.37. The molecule has 6 heteroatoms. The smallest absolute Gasteiger partial charge is 0.330 e. The highest BCUT2D eigenvalue weighted by molar-refractivity contribution is 8.01. The second-order valence-corrected chi connectivity index (χ2v) is 6.82. The third kappa shape index (κ3) is 1.65. The predicted octanol–water partition coefficient (Wildman–Crippen LogP) is 0.219. The van der Waals surface area contributed by atoms with Gasteiger partial charge in [-0.1, -0.05) is 0 Å². The van der Waals surface area contributed by atoms with Crippen LogP contribution in [-0.4, -0.2) is 51.3 Å². The molecule has 0 aromatic heterocycles. The van der Waals surface area contributed by atoms with Gasteiger partial charge < -0.3 is 14.7 Å². The zero-order valence-electron chi connectivity index (χ0n) is 10.3. The Bertz CT molecular complexity index is 368. The van der Waals surface area contributed by atoms with Gasteiger partial charge in [-0.05, 0) is 20.8 Å². The van der Waals surface area contributed by atoms with Crippen LogP contribution in [0.4, 0.5) is 0 Å². The molecular formula is C11H17NO4S. The lowest BCUT2D eigenvalue weighted by Gasteiger charge is -2.45. The number of aliphatic hydroxyl groups excluding tert-OH is 1. The Morgan fingerprint density at radius 2 is 2.18 bits per heavy atom. The molecule has 2 unspecified atom stereocenters. The van der Waals surface area contributed by atoms with Crippen LogP contribution >= 0.6 is 11.8 Å². The predicted molar refractivity (Wildman–Crippen MR) is 63.3 cm³/mol. The standard InChI is InChI=1S/C11H17NO4S/c1-5(13)6-8(14)12-7(10(15)16-4)11(2,3)17-9(6)12/h5-7,9,13H,1-4H3/t5?,6?,7-,9+/m0/s1. The SMILES string of the molecule is COC(=O)[C@@H]1N2C(=O)C(C(C)O)[C@H]2SC1(C)C. The molecular weight excluding hydrogens is 242 g/mol. The van der Waals surface area contributed by atoms with Gasteiger partial charge in [-0.2, -0.15) is 0 Å². The average molecular weight is 259 g/mol. The summed E-state index contributed by atoms with van der Waals surface area (Å²) in [4.78, 5) is 25.2. The molecule has 2 rings (SSSR count). The number of β-lactam (4-membered cyclic amide) rings is 1. The van der Waals surface area contributed by atoms with Crippen LogP contribution in [0.25, 0.3) is 0 Å². The Kier molecular flexibility index (Phi) is 2.90. The number of carbonyl (C=O) groups excluding carboxylic acids is 2. The zero-order chi connectivity index (χ0) is 13.0. The lowest BCUT2D eigenvalue weighted by Crippen LogP contribution is -2.65. The second kappa shape index (κ2) is 3.88. The molecule has 5 nitrogen and oxygen atoms in total. The molecule has 0 aliphatic carbocycles. The van der Waals surface area contributed by atoms with E-state index >= 15 is 0 Å². The van der Waals surface area contributed by atoms with Crippen LogP contribution in [0.3, 0.4) is 0 Å². The number of rotatable bonds is 2. The van der Waals surface area contributed by atoms with Crippen molar-refractivity contribution in [1.29, 1.82) is 0 Å². The van der Waals surface area contributed by atoms with Gasteiger partial charge in [0.1, 0.15) is 6.04 Å². The minimum Gasteiger partial charge on any atom is -0.467 e. The number of aliphatic hydroxyl groups is 1. The summed E-state index contributed by atoms with van der Waals surface area (Å²) < 4.78 is 4.38. The van der Waals surface area contributed by atoms with Gasteiger partial charge in [-0.15, -0.1) is 11.8 Å². The summed E-state index contributed by atoms with van der Waals surface area (Å²) in [6.45, 7) is 5.45. The van der Waals surface area contributed by atoms with E-state index in [1.54, 1.807) is 23.6 Å². The molecule has 2 heterocycles. The highest BCUT2D eigenvalue weighted by Gasteiger charge is 2.64. The van der Waals surface area contributed by atoms with Crippen molar-refractivity contribution in [2.24, 2.45) is 5.92 Å². The summed E-state index contributed by atoms with van der Waals surface area (Å²) in [6, 6.07) is -0.551. The monoisotopic (exact) mass is 259 g/mol. The molecule has 0 radical (unpaired) electrons. The van der Waals surface area contributed by atoms with Crippen molar-refractivity contribution in [3.8, 4) is 0 Å². The first-order valence-electron chi connectivity index (χ1n) is 5.57. The van der Waals surface area contributed by atoms with E-state index in [9.17, 15) is 14.7 Å². The number of amides is 1. The minimum atomic E-state index is -0.677. The van der Waals surface area contributed by atoms with Crippen molar-refractivity contribution in [3.05, 3.63) is 0 Å². The van der Waals surface area contributed by atoms with Crippen molar-refractivity contribution < 1.29 is 19.4 Å². The molecule has 2 fully saturated rings. The highest BCUT2D eigenvalue weighted by atomic mass is 32.2. The van der Waals surface area contributed by atoms with Crippen LogP contribution in [0.15, 0.2) is 0 Å². The summed E-state index contributed by atoms with van der Waals surface area (Å²) in [5.74, 6) is -0.935. The number of esters is 1. The fraction of sp³-hybridized carbons (Fsp3) is 0.818. The molecule has 0 spiro atoms. The van der Waals surface area contributed by atoms with Crippen LogP contribution in [-0.2, 0) is 14.3 Å². The van der Waals surface area contributed by atoms with E-state index in [4.69, 9.17) is 4.74 Å². The van der Waals surface area contributed by atoms with E-state index in [1.165, 1.54) is 7.11 Å². The van der Waals surface area contributed by atoms with E-state index < -0.39 is 18.1 Å². The Morgan fingerprint density at radius 1 is 1.59 bits per heavy atom. The van der Waals surface area contributed by atoms with Gasteiger partial charge in [0.05, 0.1) is 24.5 Å². The van der Waals surface area contributed by atoms with Gasteiger partial charge in [0, 0.05) is 4.75 Å². The summed E-state index contributed by atoms with van der Waals surface area (Å²) in [5, 5.41) is 9.46. The lowest BCUT2D eigenvalue weighted by atomic mass is 9.88. The first-order valence-corrected chi connectivity index (χ1v) is 6.45. The number of hydrogen-bond donors (Lipinski definition) is 1. The molecule has 1 N–H and O–H groups in total. The molecule has 0 aromatic rings. The van der Waals surface area contributed by atoms with Crippen molar-refractivity contribution in [2.45, 2.75) is 43.0 Å². The van der Waals surface area contributed by atoms with Crippen molar-refractivity contribution in [1.82, 2.24) is 4.90 Å². The Balaban J connectivity index is 2.27. The summed E-state index contributed by atoms with van der Waals surface area (Å²) in [6.07, 6.45) is -0.677. The fourth-order valence-electron chi connectivity index (χ4n) is 2.58. The zero-order valence-corrected chi connectivity index (χ0v) is 11.2. The van der Waals surface area contributed by atoms with Gasteiger partial charge in [-0.25, -0.2) is 4.79 Å². The van der Waals surface area contributed by atoms with Gasteiger partial charge in [0.25, 0.3) is 0 Å². The van der Waals surface area contributed by atoms with E-state index in [-0.39, 0.29) is 22.0 Å². The third-order valence-corrected chi connectivity index (χ3v) is 5.02. The van der Waals surface area contributed by atoms with Crippen molar-refractivity contribution in [2.75, 3.05) is 7.11 Å². The van der Waals surface area contributed by atoms with Crippen molar-refractivity contribution >= 4 is 23.6 Å². The molecule has 4 atom stereocenters. The molecule has 96 valence electrons. The molecule has 0 bridgehead atoms. The first-order chi connectivity index (χ1) is 7.81. The van der Waals surface area contributed by atoms with Gasteiger partial charge >= 0.3 is 5.97 Å². The highest BCUT2D eigenvalue weighted by Crippen LogP contribution is 2.54. The normalized spacial score (nSPS) is 36.2. The van der Waals surface area contributed by atoms with E-state index in [2.05, 4.69) is 0 Å². The van der Waals surface area contributed by atoms with E-state index in [1.807, 2.05) is 13.8 Å². The Hall–Kier alpha value is -0.750. The van der Waals surface area contributed by atoms with Crippen LogP contribution in [0.2, 0.25) is 0 Å². The Labute approximate surface area is 104 Å². The van der Waals surface area contributed by atoms with Crippen LogP contribution in [0, 0.1) is 5.92 Å². The van der Waals surface area contributed by atoms with Gasteiger partial charge in [0.15, 0.2) is 0 Å². The first kappa shape index (κ1) is 12.7. The molecule has 2 aliphatic rings. The summed E-state index contributed by atoms with van der Waals surface area (Å²) >= 11 is 1.55. The average Bonchev–Trinajstić information content (AvgIpc) is 2.45. The Morgan fingerprint density at radius 3 is 2.65 bits per heavy atom. The number of carbonyl (C=O) groups is 2. The summed E-state index contributed by atoms with van der Waals surface area (Å²) in [7, 11) is 1.33. The maximum Gasteiger partial charge on any atom is 0.330 e. The molecule has 2 aliphatic heterocycles. The molecule has 0 aromatic carbocycles. The van der Waals surface area contributed by atoms with Crippen LogP contribution < -0.4 is 0 Å². The minimum absolute atomic E-state index is 0.110. The number of methoxy groups -OCH3 is 1. The number of hydrogen-bond acceptors (Lipinski definition) is 5.